The van der Waals surface area contributed by atoms with E-state index in [1.807, 2.05) is 58.0 Å². The van der Waals surface area contributed by atoms with Crippen molar-refractivity contribution < 1.29 is 24.3 Å². The second kappa shape index (κ2) is 17.0. The Labute approximate surface area is 230 Å². The summed E-state index contributed by atoms with van der Waals surface area (Å²) >= 11 is 0. The Hall–Kier alpha value is -3.67. The Balaban J connectivity index is 3.17. The minimum absolute atomic E-state index is 0.0153. The van der Waals surface area contributed by atoms with Gasteiger partial charge in [0, 0.05) is 13.0 Å². The summed E-state index contributed by atoms with van der Waals surface area (Å²) in [6.45, 7) is 7.67. The number of carbonyl (C=O) groups excluding carboxylic acids is 3. The molecule has 0 aliphatic heterocycles. The van der Waals surface area contributed by atoms with Crippen LogP contribution in [0.5, 0.6) is 0 Å². The molecule has 0 spiro atoms. The van der Waals surface area contributed by atoms with Crippen LogP contribution < -0.4 is 33.2 Å². The molecule has 39 heavy (non-hydrogen) atoms. The van der Waals surface area contributed by atoms with Crippen molar-refractivity contribution >= 4 is 29.7 Å². The number of nitrogens with one attached hydrogen (secondary N) is 3. The molecule has 0 saturated carbocycles. The van der Waals surface area contributed by atoms with Crippen molar-refractivity contribution in [2.24, 2.45) is 34.0 Å². The first-order chi connectivity index (χ1) is 18.3. The fourth-order valence-corrected chi connectivity index (χ4v) is 3.85. The Bertz CT molecular complexity index is 967. The molecule has 0 heterocycles. The number of carboxylic acid groups (broad SMARTS) is 1. The highest BCUT2D eigenvalue weighted by Gasteiger charge is 2.31. The number of carbonyl (C=O) groups is 4. The third-order valence-electron chi connectivity index (χ3n) is 6.38. The highest BCUT2D eigenvalue weighted by atomic mass is 16.4. The standard InChI is InChI=1S/C27H45N7O5/c1-5-17(4)22(28)25(37)33-20(15-18-10-7-6-8-11-18)24(36)32-19(12-9-13-31-27(29)30)23(35)34-21(26(38)39)14-16(2)3/h6-8,10-11,16-17,19-22H,5,9,12-15,28H2,1-4H3,(H,32,36)(H,33,37)(H,34,35)(H,38,39)(H4,29,30,31). The molecule has 1 rings (SSSR count). The number of hydrogen-bond donors (Lipinski definition) is 7. The van der Waals surface area contributed by atoms with Gasteiger partial charge in [-0.25, -0.2) is 4.79 Å². The first-order valence-corrected chi connectivity index (χ1v) is 13.3. The van der Waals surface area contributed by atoms with Gasteiger partial charge in [-0.3, -0.25) is 19.4 Å². The number of hydrogen-bond acceptors (Lipinski definition) is 6. The molecule has 12 heteroatoms. The first kappa shape index (κ1) is 33.4. The van der Waals surface area contributed by atoms with Gasteiger partial charge in [-0.1, -0.05) is 64.4 Å². The number of nitrogens with zero attached hydrogens (tertiary/aromatic N) is 1. The number of carboxylic acids is 1. The maximum absolute atomic E-state index is 13.5. The molecule has 0 aliphatic carbocycles. The van der Waals surface area contributed by atoms with E-state index in [1.165, 1.54) is 0 Å². The smallest absolute Gasteiger partial charge is 0.326 e. The third kappa shape index (κ3) is 12.6. The van der Waals surface area contributed by atoms with E-state index in [0.29, 0.717) is 12.8 Å². The Morgan fingerprint density at radius 2 is 1.46 bits per heavy atom. The maximum Gasteiger partial charge on any atom is 0.326 e. The molecule has 1 aromatic carbocycles. The molecular weight excluding hydrogens is 502 g/mol. The van der Waals surface area contributed by atoms with Crippen LogP contribution in [0, 0.1) is 11.8 Å². The summed E-state index contributed by atoms with van der Waals surface area (Å²) in [4.78, 5) is 55.1. The van der Waals surface area contributed by atoms with Crippen LogP contribution in [0.25, 0.3) is 0 Å². The maximum atomic E-state index is 13.5. The molecule has 5 unspecified atom stereocenters. The van der Waals surface area contributed by atoms with E-state index in [4.69, 9.17) is 17.2 Å². The Kier molecular flexibility index (Phi) is 14.6. The number of benzene rings is 1. The lowest BCUT2D eigenvalue weighted by Gasteiger charge is -2.26. The van der Waals surface area contributed by atoms with E-state index in [9.17, 15) is 24.3 Å². The molecule has 0 fully saturated rings. The third-order valence-corrected chi connectivity index (χ3v) is 6.38. The van der Waals surface area contributed by atoms with Gasteiger partial charge >= 0.3 is 5.97 Å². The molecule has 12 nitrogen and oxygen atoms in total. The van der Waals surface area contributed by atoms with Gasteiger partial charge in [-0.2, -0.15) is 0 Å². The molecule has 218 valence electrons. The van der Waals surface area contributed by atoms with E-state index in [-0.39, 0.29) is 43.6 Å². The van der Waals surface area contributed by atoms with Crippen LogP contribution in [0.15, 0.2) is 35.3 Å². The summed E-state index contributed by atoms with van der Waals surface area (Å²) in [6, 6.07) is 5.08. The lowest BCUT2D eigenvalue weighted by Crippen LogP contribution is -2.58. The highest BCUT2D eigenvalue weighted by molar-refractivity contribution is 5.94. The van der Waals surface area contributed by atoms with Gasteiger partial charge in [0.1, 0.15) is 18.1 Å². The van der Waals surface area contributed by atoms with Gasteiger partial charge in [0.15, 0.2) is 5.96 Å². The number of nitrogens with two attached hydrogens (primary N) is 3. The van der Waals surface area contributed by atoms with Crippen LogP contribution in [0.2, 0.25) is 0 Å². The van der Waals surface area contributed by atoms with Gasteiger partial charge in [0.05, 0.1) is 6.04 Å². The SMILES string of the molecule is CCC(C)C(N)C(=O)NC(Cc1ccccc1)C(=O)NC(CCCN=C(N)N)C(=O)NC(CC(C)C)C(=O)O. The normalized spacial score (nSPS) is 14.8. The minimum atomic E-state index is -1.17. The molecular formula is C27H45N7O5. The number of amides is 3. The van der Waals surface area contributed by atoms with E-state index < -0.39 is 47.9 Å². The van der Waals surface area contributed by atoms with Gasteiger partial charge in [0.2, 0.25) is 17.7 Å². The predicted molar refractivity (Wildman–Crippen MR) is 150 cm³/mol. The van der Waals surface area contributed by atoms with Crippen LogP contribution in [0.4, 0.5) is 0 Å². The molecule has 0 aromatic heterocycles. The van der Waals surface area contributed by atoms with Crippen LogP contribution in [-0.4, -0.2) is 65.5 Å². The molecule has 3 amide bonds. The summed E-state index contributed by atoms with van der Waals surface area (Å²) in [6.07, 6.45) is 1.55. The molecule has 5 atom stereocenters. The van der Waals surface area contributed by atoms with E-state index in [0.717, 1.165) is 5.56 Å². The molecule has 0 radical (unpaired) electrons. The fourth-order valence-electron chi connectivity index (χ4n) is 3.85. The van der Waals surface area contributed by atoms with E-state index in [2.05, 4.69) is 20.9 Å². The number of guanidine groups is 1. The lowest BCUT2D eigenvalue weighted by atomic mass is 9.98. The van der Waals surface area contributed by atoms with E-state index >= 15 is 0 Å². The molecule has 0 aliphatic rings. The summed E-state index contributed by atoms with van der Waals surface area (Å²) < 4.78 is 0. The van der Waals surface area contributed by atoms with Crippen LogP contribution in [0.1, 0.15) is 58.9 Å². The van der Waals surface area contributed by atoms with Crippen molar-refractivity contribution in [3.05, 3.63) is 35.9 Å². The Morgan fingerprint density at radius 3 is 2.00 bits per heavy atom. The zero-order chi connectivity index (χ0) is 29.5. The molecule has 10 N–H and O–H groups in total. The average molecular weight is 548 g/mol. The topological polar surface area (TPSA) is 215 Å². The van der Waals surface area contributed by atoms with Gasteiger partial charge in [-0.15, -0.1) is 0 Å². The van der Waals surface area contributed by atoms with Crippen LogP contribution >= 0.6 is 0 Å². The molecule has 0 bridgehead atoms. The van der Waals surface area contributed by atoms with E-state index in [1.54, 1.807) is 0 Å². The zero-order valence-corrected chi connectivity index (χ0v) is 23.4. The van der Waals surface area contributed by atoms with Crippen molar-refractivity contribution in [1.29, 1.82) is 0 Å². The van der Waals surface area contributed by atoms with Crippen LogP contribution in [-0.2, 0) is 25.6 Å². The van der Waals surface area contributed by atoms with Crippen molar-refractivity contribution in [2.45, 2.75) is 84.0 Å². The largest absolute Gasteiger partial charge is 0.480 e. The summed E-state index contributed by atoms with van der Waals surface area (Å²) in [5, 5.41) is 17.5. The summed E-state index contributed by atoms with van der Waals surface area (Å²) in [7, 11) is 0. The predicted octanol–water partition coefficient (Wildman–Crippen LogP) is 0.241. The lowest BCUT2D eigenvalue weighted by molar-refractivity contribution is -0.142. The van der Waals surface area contributed by atoms with Crippen molar-refractivity contribution in [2.75, 3.05) is 6.54 Å². The van der Waals surface area contributed by atoms with Crippen molar-refractivity contribution in [1.82, 2.24) is 16.0 Å². The molecule has 1 aromatic rings. The monoisotopic (exact) mass is 547 g/mol. The Morgan fingerprint density at radius 1 is 0.897 bits per heavy atom. The second-order valence-corrected chi connectivity index (χ2v) is 10.2. The first-order valence-electron chi connectivity index (χ1n) is 13.3. The van der Waals surface area contributed by atoms with Crippen LogP contribution in [0.3, 0.4) is 0 Å². The quantitative estimate of drug-likeness (QED) is 0.0812. The number of rotatable bonds is 17. The highest BCUT2D eigenvalue weighted by Crippen LogP contribution is 2.10. The minimum Gasteiger partial charge on any atom is -0.480 e. The number of aliphatic carboxylic acids is 1. The fraction of sp³-hybridized carbons (Fsp3) is 0.593. The number of aliphatic imine (C=N–C) groups is 1. The zero-order valence-electron chi connectivity index (χ0n) is 23.4. The van der Waals surface area contributed by atoms with Gasteiger partial charge in [0.25, 0.3) is 0 Å². The molecule has 0 saturated heterocycles. The average Bonchev–Trinajstić information content (AvgIpc) is 2.88. The van der Waals surface area contributed by atoms with Gasteiger partial charge < -0.3 is 38.3 Å². The summed E-state index contributed by atoms with van der Waals surface area (Å²) in [5.41, 5.74) is 17.6. The van der Waals surface area contributed by atoms with Gasteiger partial charge in [-0.05, 0) is 36.7 Å². The van der Waals surface area contributed by atoms with Crippen molar-refractivity contribution in [3.63, 3.8) is 0 Å². The summed E-state index contributed by atoms with van der Waals surface area (Å²) in [5.74, 6) is -3.09. The second-order valence-electron chi connectivity index (χ2n) is 10.2. The van der Waals surface area contributed by atoms with Crippen molar-refractivity contribution in [3.8, 4) is 0 Å².